The highest BCUT2D eigenvalue weighted by atomic mass is 16.5. The van der Waals surface area contributed by atoms with Crippen molar-refractivity contribution in [2.24, 2.45) is 0 Å². The molecule has 2 heterocycles. The summed E-state index contributed by atoms with van der Waals surface area (Å²) in [6, 6.07) is 17.6. The maximum absolute atomic E-state index is 13.1. The predicted molar refractivity (Wildman–Crippen MR) is 102 cm³/mol. The van der Waals surface area contributed by atoms with E-state index in [1.165, 1.54) is 6.20 Å². The number of nitrogens with zero attached hydrogens (tertiary/aromatic N) is 1. The Labute approximate surface area is 154 Å². The van der Waals surface area contributed by atoms with Crippen molar-refractivity contribution in [1.29, 1.82) is 0 Å². The molecule has 5 nitrogen and oxygen atoms in total. The quantitative estimate of drug-likeness (QED) is 0.509. The first kappa shape index (κ1) is 16.7. The average Bonchev–Trinajstić information content (AvgIpc) is 2.71. The van der Waals surface area contributed by atoms with Gasteiger partial charge in [0.1, 0.15) is 5.58 Å². The van der Waals surface area contributed by atoms with Gasteiger partial charge in [-0.1, -0.05) is 42.0 Å². The van der Waals surface area contributed by atoms with Gasteiger partial charge in [0, 0.05) is 18.0 Å². The van der Waals surface area contributed by atoms with Crippen LogP contribution >= 0.6 is 0 Å². The van der Waals surface area contributed by atoms with Crippen LogP contribution < -0.4 is 10.2 Å². The molecule has 4 aromatic rings. The fourth-order valence-corrected chi connectivity index (χ4v) is 2.80. The van der Waals surface area contributed by atoms with Crippen LogP contribution in [0.25, 0.3) is 22.3 Å². The summed E-state index contributed by atoms with van der Waals surface area (Å²) in [6.45, 7) is 1.88. The minimum absolute atomic E-state index is 0.131. The maximum Gasteiger partial charge on any atom is 0.345 e. The molecule has 0 aliphatic rings. The number of rotatable bonds is 3. The largest absolute Gasteiger partial charge is 0.452 e. The molecule has 27 heavy (non-hydrogen) atoms. The molecule has 0 fully saturated rings. The van der Waals surface area contributed by atoms with Gasteiger partial charge in [0.15, 0.2) is 5.76 Å². The monoisotopic (exact) mass is 357 g/mol. The molecule has 0 spiro atoms. The molecule has 0 saturated heterocycles. The number of pyridine rings is 1. The standard InChI is InChI=1S/C22H15NO4/c1-14-9-10-18-17(12-14)19(24)21(20(26-18)15-6-3-2-4-7-15)27-22(25)16-8-5-11-23-13-16/h2-13H,1H3. The third-order valence-corrected chi connectivity index (χ3v) is 4.13. The number of hydrogen-bond acceptors (Lipinski definition) is 5. The summed E-state index contributed by atoms with van der Waals surface area (Å²) in [7, 11) is 0. The number of aromatic nitrogens is 1. The predicted octanol–water partition coefficient (Wildman–Crippen LogP) is 4.38. The Balaban J connectivity index is 1.92. The van der Waals surface area contributed by atoms with Gasteiger partial charge in [-0.2, -0.15) is 0 Å². The summed E-state index contributed by atoms with van der Waals surface area (Å²) in [5.74, 6) is -0.582. The minimum atomic E-state index is -0.667. The molecule has 0 radical (unpaired) electrons. The zero-order valence-electron chi connectivity index (χ0n) is 14.5. The van der Waals surface area contributed by atoms with Gasteiger partial charge in [-0.25, -0.2) is 4.79 Å². The Bertz CT molecular complexity index is 1180. The van der Waals surface area contributed by atoms with E-state index in [-0.39, 0.29) is 17.1 Å². The lowest BCUT2D eigenvalue weighted by molar-refractivity contribution is 0.0731. The van der Waals surface area contributed by atoms with Gasteiger partial charge in [0.2, 0.25) is 11.2 Å². The number of benzene rings is 2. The van der Waals surface area contributed by atoms with Gasteiger partial charge in [0.25, 0.3) is 0 Å². The van der Waals surface area contributed by atoms with E-state index in [1.807, 2.05) is 31.2 Å². The fraction of sp³-hybridized carbons (Fsp3) is 0.0455. The van der Waals surface area contributed by atoms with Gasteiger partial charge in [-0.3, -0.25) is 9.78 Å². The topological polar surface area (TPSA) is 69.4 Å². The highest BCUT2D eigenvalue weighted by Gasteiger charge is 2.21. The van der Waals surface area contributed by atoms with Crippen molar-refractivity contribution in [3.8, 4) is 17.1 Å². The van der Waals surface area contributed by atoms with E-state index in [9.17, 15) is 9.59 Å². The Kier molecular flexibility index (Phi) is 4.26. The Morgan fingerprint density at radius 3 is 2.59 bits per heavy atom. The van der Waals surface area contributed by atoms with Crippen LogP contribution in [0.3, 0.4) is 0 Å². The van der Waals surface area contributed by atoms with E-state index in [4.69, 9.17) is 9.15 Å². The van der Waals surface area contributed by atoms with Gasteiger partial charge in [-0.15, -0.1) is 0 Å². The molecule has 0 bridgehead atoms. The number of hydrogen-bond donors (Lipinski definition) is 0. The first-order valence-electron chi connectivity index (χ1n) is 8.38. The van der Waals surface area contributed by atoms with Crippen molar-refractivity contribution in [3.63, 3.8) is 0 Å². The van der Waals surface area contributed by atoms with Crippen LogP contribution in [0.1, 0.15) is 15.9 Å². The molecule has 0 atom stereocenters. The summed E-state index contributed by atoms with van der Waals surface area (Å²) < 4.78 is 11.4. The number of fused-ring (bicyclic) bond motifs is 1. The molecule has 5 heteroatoms. The molecular formula is C22H15NO4. The van der Waals surface area contributed by atoms with Crippen LogP contribution in [0.2, 0.25) is 0 Å². The average molecular weight is 357 g/mol. The zero-order chi connectivity index (χ0) is 18.8. The number of esters is 1. The maximum atomic E-state index is 13.1. The Hall–Kier alpha value is -3.73. The van der Waals surface area contributed by atoms with E-state index in [0.29, 0.717) is 16.5 Å². The first-order valence-corrected chi connectivity index (χ1v) is 8.38. The number of carbonyl (C=O) groups excluding carboxylic acids is 1. The Morgan fingerprint density at radius 2 is 1.85 bits per heavy atom. The van der Waals surface area contributed by atoms with Gasteiger partial charge in [0.05, 0.1) is 10.9 Å². The smallest absolute Gasteiger partial charge is 0.345 e. The zero-order valence-corrected chi connectivity index (χ0v) is 14.5. The van der Waals surface area contributed by atoms with Gasteiger partial charge in [-0.05, 0) is 31.2 Å². The molecule has 0 aliphatic carbocycles. The molecular weight excluding hydrogens is 342 g/mol. The van der Waals surface area contributed by atoms with E-state index < -0.39 is 11.4 Å². The van der Waals surface area contributed by atoms with Crippen molar-refractivity contribution < 1.29 is 13.9 Å². The van der Waals surface area contributed by atoms with Crippen molar-refractivity contribution in [2.75, 3.05) is 0 Å². The normalized spacial score (nSPS) is 10.7. The van der Waals surface area contributed by atoms with Gasteiger partial charge >= 0.3 is 5.97 Å². The number of aryl methyl sites for hydroxylation is 1. The second kappa shape index (κ2) is 6.88. The first-order chi connectivity index (χ1) is 13.1. The van der Waals surface area contributed by atoms with Crippen LogP contribution in [-0.4, -0.2) is 11.0 Å². The molecule has 0 aliphatic heterocycles. The van der Waals surface area contributed by atoms with Gasteiger partial charge < -0.3 is 9.15 Å². The van der Waals surface area contributed by atoms with Crippen molar-refractivity contribution in [3.05, 3.63) is 94.4 Å². The molecule has 132 valence electrons. The molecule has 4 rings (SSSR count). The summed E-state index contributed by atoms with van der Waals surface area (Å²) in [5, 5.41) is 0.365. The number of carbonyl (C=O) groups is 1. The van der Waals surface area contributed by atoms with Crippen molar-refractivity contribution in [1.82, 2.24) is 4.98 Å². The fourth-order valence-electron chi connectivity index (χ4n) is 2.80. The van der Waals surface area contributed by atoms with Crippen LogP contribution in [0.4, 0.5) is 0 Å². The minimum Gasteiger partial charge on any atom is -0.452 e. The lowest BCUT2D eigenvalue weighted by Crippen LogP contribution is -2.16. The molecule has 2 aromatic heterocycles. The summed E-state index contributed by atoms with van der Waals surface area (Å²) >= 11 is 0. The van der Waals surface area contributed by atoms with Crippen LogP contribution in [-0.2, 0) is 0 Å². The third kappa shape index (κ3) is 3.22. The molecule has 0 saturated carbocycles. The molecule has 0 amide bonds. The van der Waals surface area contributed by atoms with Crippen LogP contribution in [0.5, 0.6) is 5.75 Å². The highest BCUT2D eigenvalue weighted by molar-refractivity contribution is 5.92. The second-order valence-corrected chi connectivity index (χ2v) is 6.09. The molecule has 0 N–H and O–H groups in total. The Morgan fingerprint density at radius 1 is 1.04 bits per heavy atom. The number of ether oxygens (including phenoxy) is 1. The third-order valence-electron chi connectivity index (χ3n) is 4.13. The highest BCUT2D eigenvalue weighted by Crippen LogP contribution is 2.31. The summed E-state index contributed by atoms with van der Waals surface area (Å²) in [5.41, 5.74) is 1.85. The van der Waals surface area contributed by atoms with Crippen molar-refractivity contribution in [2.45, 2.75) is 6.92 Å². The lowest BCUT2D eigenvalue weighted by atomic mass is 10.1. The van der Waals surface area contributed by atoms with Crippen LogP contribution in [0.15, 0.2) is 82.3 Å². The SMILES string of the molecule is Cc1ccc2oc(-c3ccccc3)c(OC(=O)c3cccnc3)c(=O)c2c1. The van der Waals surface area contributed by atoms with E-state index >= 15 is 0 Å². The second-order valence-electron chi connectivity index (χ2n) is 6.09. The van der Waals surface area contributed by atoms with Crippen molar-refractivity contribution >= 4 is 16.9 Å². The van der Waals surface area contributed by atoms with E-state index in [0.717, 1.165) is 5.56 Å². The van der Waals surface area contributed by atoms with Crippen LogP contribution in [0, 0.1) is 6.92 Å². The molecule has 0 unspecified atom stereocenters. The summed E-state index contributed by atoms with van der Waals surface area (Å²) in [4.78, 5) is 29.5. The van der Waals surface area contributed by atoms with E-state index in [2.05, 4.69) is 4.98 Å². The summed E-state index contributed by atoms with van der Waals surface area (Å²) in [6.07, 6.45) is 2.94. The van der Waals surface area contributed by atoms with E-state index in [1.54, 1.807) is 42.6 Å². The molecule has 2 aromatic carbocycles. The lowest BCUT2D eigenvalue weighted by Gasteiger charge is -2.11.